The van der Waals surface area contributed by atoms with Gasteiger partial charge in [0, 0.05) is 24.4 Å². The molecular weight excluding hydrogens is 364 g/mol. The van der Waals surface area contributed by atoms with E-state index in [1.54, 1.807) is 0 Å². The van der Waals surface area contributed by atoms with Crippen LogP contribution in [-0.2, 0) is 10.4 Å². The van der Waals surface area contributed by atoms with Crippen molar-refractivity contribution in [2.45, 2.75) is 57.9 Å². The lowest BCUT2D eigenvalue weighted by molar-refractivity contribution is 0.0242. The molecular formula is C24H30N2O3. The lowest BCUT2D eigenvalue weighted by Crippen LogP contribution is -2.57. The third-order valence-corrected chi connectivity index (χ3v) is 6.04. The van der Waals surface area contributed by atoms with Crippen molar-refractivity contribution in [3.63, 3.8) is 0 Å². The number of amides is 1. The van der Waals surface area contributed by atoms with Crippen molar-refractivity contribution in [3.8, 4) is 5.75 Å². The lowest BCUT2D eigenvalue weighted by atomic mass is 9.92. The minimum atomic E-state index is -0.688. The maximum absolute atomic E-state index is 13.5. The zero-order valence-electron chi connectivity index (χ0n) is 17.5. The second kappa shape index (κ2) is 8.07. The molecule has 1 saturated heterocycles. The fourth-order valence-corrected chi connectivity index (χ4v) is 4.13. The fourth-order valence-electron chi connectivity index (χ4n) is 4.13. The molecule has 3 unspecified atom stereocenters. The summed E-state index contributed by atoms with van der Waals surface area (Å²) >= 11 is 0. The maximum Gasteiger partial charge on any atom is 0.258 e. The van der Waals surface area contributed by atoms with Crippen molar-refractivity contribution in [2.24, 2.45) is 0 Å². The summed E-state index contributed by atoms with van der Waals surface area (Å²) in [4.78, 5) is 15.4. The van der Waals surface area contributed by atoms with Crippen LogP contribution in [0, 0.1) is 0 Å². The molecule has 2 heterocycles. The van der Waals surface area contributed by atoms with E-state index in [1.165, 1.54) is 0 Å². The second-order valence-electron chi connectivity index (χ2n) is 8.16. The van der Waals surface area contributed by atoms with Crippen LogP contribution in [-0.4, -0.2) is 36.2 Å². The van der Waals surface area contributed by atoms with Gasteiger partial charge >= 0.3 is 0 Å². The smallest absolute Gasteiger partial charge is 0.258 e. The van der Waals surface area contributed by atoms with Gasteiger partial charge in [0.2, 0.25) is 0 Å². The van der Waals surface area contributed by atoms with E-state index in [2.05, 4.69) is 32.2 Å². The summed E-state index contributed by atoms with van der Waals surface area (Å²) < 4.78 is 11.9. The van der Waals surface area contributed by atoms with E-state index in [4.69, 9.17) is 9.47 Å². The van der Waals surface area contributed by atoms with E-state index in [0.29, 0.717) is 12.1 Å². The van der Waals surface area contributed by atoms with Crippen LogP contribution in [0.1, 0.15) is 56.0 Å². The number of hydrogen-bond donors (Lipinski definition) is 1. The quantitative estimate of drug-likeness (QED) is 0.766. The second-order valence-corrected chi connectivity index (χ2v) is 8.16. The number of benzene rings is 2. The summed E-state index contributed by atoms with van der Waals surface area (Å²) in [5.41, 5.74) is 1.87. The Bertz CT molecular complexity index is 878. The Morgan fingerprint density at radius 1 is 1.28 bits per heavy atom. The first-order valence-electron chi connectivity index (χ1n) is 10.6. The lowest BCUT2D eigenvalue weighted by Gasteiger charge is -2.47. The molecule has 1 amide bonds. The zero-order valence-corrected chi connectivity index (χ0v) is 17.5. The summed E-state index contributed by atoms with van der Waals surface area (Å²) in [6, 6.07) is 15.8. The molecule has 0 spiro atoms. The van der Waals surface area contributed by atoms with Crippen molar-refractivity contribution < 1.29 is 14.3 Å². The summed E-state index contributed by atoms with van der Waals surface area (Å²) in [6.07, 6.45) is 3.19. The van der Waals surface area contributed by atoms with Gasteiger partial charge in [-0.05, 0) is 57.4 Å². The molecule has 2 aliphatic rings. The Labute approximate surface area is 173 Å². The summed E-state index contributed by atoms with van der Waals surface area (Å²) in [7, 11) is 0. The number of anilines is 1. The van der Waals surface area contributed by atoms with Crippen LogP contribution in [0.2, 0.25) is 0 Å². The van der Waals surface area contributed by atoms with Crippen LogP contribution in [0.15, 0.2) is 48.5 Å². The molecule has 4 rings (SSSR count). The van der Waals surface area contributed by atoms with Gasteiger partial charge in [0.1, 0.15) is 11.4 Å². The molecule has 29 heavy (non-hydrogen) atoms. The predicted octanol–water partition coefficient (Wildman–Crippen LogP) is 4.78. The number of para-hydroxylation sites is 1. The third kappa shape index (κ3) is 3.84. The molecule has 3 atom stereocenters. The average molecular weight is 395 g/mol. The number of ether oxygens (including phenoxy) is 2. The molecule has 0 bridgehead atoms. The van der Waals surface area contributed by atoms with E-state index in [0.717, 1.165) is 42.9 Å². The topological polar surface area (TPSA) is 50.8 Å². The van der Waals surface area contributed by atoms with E-state index in [9.17, 15) is 4.79 Å². The molecule has 0 aromatic heterocycles. The highest BCUT2D eigenvalue weighted by molar-refractivity contribution is 6.02. The highest BCUT2D eigenvalue weighted by atomic mass is 16.5. The number of rotatable bonds is 6. The fraction of sp³-hybridized carbons (Fsp3) is 0.458. The van der Waals surface area contributed by atoms with Crippen LogP contribution >= 0.6 is 0 Å². The molecule has 0 saturated carbocycles. The minimum Gasteiger partial charge on any atom is -0.491 e. The molecule has 5 heteroatoms. The first-order chi connectivity index (χ1) is 14.0. The maximum atomic E-state index is 13.5. The van der Waals surface area contributed by atoms with Gasteiger partial charge in [-0.1, -0.05) is 31.2 Å². The molecule has 2 aliphatic heterocycles. The van der Waals surface area contributed by atoms with E-state index < -0.39 is 5.66 Å². The number of nitrogens with zero attached hydrogens (tertiary/aromatic N) is 1. The van der Waals surface area contributed by atoms with Gasteiger partial charge in [0.15, 0.2) is 0 Å². The number of carbonyl (C=O) groups excluding carboxylic acids is 1. The molecule has 0 aliphatic carbocycles. The van der Waals surface area contributed by atoms with Crippen molar-refractivity contribution >= 4 is 11.6 Å². The Morgan fingerprint density at radius 2 is 2.10 bits per heavy atom. The normalized spacial score (nSPS) is 24.7. The van der Waals surface area contributed by atoms with E-state index in [1.807, 2.05) is 47.4 Å². The highest BCUT2D eigenvalue weighted by Crippen LogP contribution is 2.39. The zero-order chi connectivity index (χ0) is 20.4. The van der Waals surface area contributed by atoms with Crippen LogP contribution in [0.3, 0.4) is 0 Å². The van der Waals surface area contributed by atoms with Gasteiger partial charge in [-0.15, -0.1) is 0 Å². The number of fused-ring (bicyclic) bond motifs is 1. The van der Waals surface area contributed by atoms with E-state index in [-0.39, 0.29) is 18.1 Å². The number of carbonyl (C=O) groups is 1. The molecule has 1 N–H and O–H groups in total. The summed E-state index contributed by atoms with van der Waals surface area (Å²) in [5.74, 6) is 0.855. The minimum absolute atomic E-state index is 0.0330. The van der Waals surface area contributed by atoms with Crippen molar-refractivity contribution in [2.75, 3.05) is 18.5 Å². The Balaban J connectivity index is 1.73. The largest absolute Gasteiger partial charge is 0.491 e. The average Bonchev–Trinajstić information content (AvgIpc) is 3.24. The van der Waals surface area contributed by atoms with Gasteiger partial charge < -0.3 is 19.7 Å². The third-order valence-electron chi connectivity index (χ3n) is 6.04. The van der Waals surface area contributed by atoms with Gasteiger partial charge in [-0.25, -0.2) is 0 Å². The molecule has 2 aromatic rings. The van der Waals surface area contributed by atoms with Crippen LogP contribution in [0.25, 0.3) is 0 Å². The molecule has 1 fully saturated rings. The van der Waals surface area contributed by atoms with Crippen molar-refractivity contribution in [3.05, 3.63) is 59.7 Å². The first kappa shape index (κ1) is 19.8. The summed E-state index contributed by atoms with van der Waals surface area (Å²) in [5, 5.41) is 3.63. The molecule has 0 radical (unpaired) electrons. The van der Waals surface area contributed by atoms with Crippen LogP contribution in [0.5, 0.6) is 5.75 Å². The Kier molecular flexibility index (Phi) is 5.50. The van der Waals surface area contributed by atoms with Gasteiger partial charge in [0.05, 0.1) is 17.8 Å². The van der Waals surface area contributed by atoms with Gasteiger partial charge in [-0.2, -0.15) is 0 Å². The molecule has 5 nitrogen and oxygen atoms in total. The molecule has 2 aromatic carbocycles. The van der Waals surface area contributed by atoms with Gasteiger partial charge in [0.25, 0.3) is 5.91 Å². The highest BCUT2D eigenvalue weighted by Gasteiger charge is 2.43. The number of hydrogen-bond acceptors (Lipinski definition) is 4. The first-order valence-corrected chi connectivity index (χ1v) is 10.6. The van der Waals surface area contributed by atoms with Crippen molar-refractivity contribution in [1.82, 2.24) is 4.90 Å². The van der Waals surface area contributed by atoms with Crippen LogP contribution in [0.4, 0.5) is 5.69 Å². The summed E-state index contributed by atoms with van der Waals surface area (Å²) in [6.45, 7) is 7.57. The van der Waals surface area contributed by atoms with E-state index >= 15 is 0 Å². The SMILES string of the molecule is CCC(C)Oc1cccc(C2(C)Nc3ccccc3C(=O)N2CC2CCCO2)c1. The standard InChI is InChI=1S/C24H30N2O3/c1-4-17(2)29-19-10-7-9-18(15-19)24(3)25-22-13-6-5-12-21(22)23(27)26(24)16-20-11-8-14-28-20/h5-7,9-10,12-13,15,17,20,25H,4,8,11,14,16H2,1-3H3. The predicted molar refractivity (Wildman–Crippen MR) is 114 cm³/mol. The van der Waals surface area contributed by atoms with Crippen LogP contribution < -0.4 is 10.1 Å². The molecule has 154 valence electrons. The monoisotopic (exact) mass is 394 g/mol. The number of nitrogens with one attached hydrogen (secondary N) is 1. The van der Waals surface area contributed by atoms with Gasteiger partial charge in [-0.3, -0.25) is 4.79 Å². The Morgan fingerprint density at radius 3 is 2.86 bits per heavy atom. The Hall–Kier alpha value is -2.53. The van der Waals surface area contributed by atoms with Crippen molar-refractivity contribution in [1.29, 1.82) is 0 Å².